The van der Waals surface area contributed by atoms with Gasteiger partial charge >= 0.3 is 0 Å². The Balaban J connectivity index is 2.39. The predicted octanol–water partition coefficient (Wildman–Crippen LogP) is 3.31. The lowest BCUT2D eigenvalue weighted by molar-refractivity contribution is 0.574. The minimum atomic E-state index is -0.158. The van der Waals surface area contributed by atoms with Gasteiger partial charge in [-0.25, -0.2) is 4.39 Å². The summed E-state index contributed by atoms with van der Waals surface area (Å²) in [4.78, 5) is 0. The van der Waals surface area contributed by atoms with Gasteiger partial charge in [-0.2, -0.15) is 0 Å². The maximum absolute atomic E-state index is 12.9. The molecule has 0 radical (unpaired) electrons. The Morgan fingerprint density at radius 2 is 2.19 bits per heavy atom. The molecular formula is C14H20FN. The fraction of sp³-hybridized carbons (Fsp3) is 0.429. The van der Waals surface area contributed by atoms with Crippen LogP contribution in [-0.2, 0) is 6.42 Å². The molecule has 1 nitrogen and oxygen atoms in total. The van der Waals surface area contributed by atoms with Crippen LogP contribution in [0.3, 0.4) is 0 Å². The van der Waals surface area contributed by atoms with E-state index in [1.54, 1.807) is 12.1 Å². The molecule has 1 atom stereocenters. The van der Waals surface area contributed by atoms with Gasteiger partial charge in [0.05, 0.1) is 0 Å². The first-order valence-corrected chi connectivity index (χ1v) is 5.69. The molecular weight excluding hydrogens is 201 g/mol. The molecule has 0 aromatic heterocycles. The van der Waals surface area contributed by atoms with Crippen molar-refractivity contribution >= 4 is 0 Å². The van der Waals surface area contributed by atoms with Gasteiger partial charge in [-0.1, -0.05) is 23.8 Å². The summed E-state index contributed by atoms with van der Waals surface area (Å²) >= 11 is 0. The van der Waals surface area contributed by atoms with Gasteiger partial charge in [-0.3, -0.25) is 0 Å². The SMILES string of the molecule is CC(C)=CCNC(C)Cc1cccc(F)c1. The standard InChI is InChI=1S/C14H20FN/c1-11(2)7-8-16-12(3)9-13-5-4-6-14(15)10-13/h4-7,10,12,16H,8-9H2,1-3H3. The quantitative estimate of drug-likeness (QED) is 0.752. The second-order valence-electron chi connectivity index (χ2n) is 4.42. The molecule has 0 fully saturated rings. The van der Waals surface area contributed by atoms with Crippen molar-refractivity contribution in [3.8, 4) is 0 Å². The van der Waals surface area contributed by atoms with Crippen LogP contribution in [0.2, 0.25) is 0 Å². The highest BCUT2D eigenvalue weighted by Crippen LogP contribution is 2.06. The topological polar surface area (TPSA) is 12.0 Å². The van der Waals surface area contributed by atoms with Crippen LogP contribution < -0.4 is 5.32 Å². The molecule has 0 bridgehead atoms. The second kappa shape index (κ2) is 6.44. The van der Waals surface area contributed by atoms with E-state index in [-0.39, 0.29) is 5.82 Å². The highest BCUT2D eigenvalue weighted by molar-refractivity contribution is 5.17. The molecule has 1 N–H and O–H groups in total. The lowest BCUT2D eigenvalue weighted by Crippen LogP contribution is -2.28. The van der Waals surface area contributed by atoms with Crippen molar-refractivity contribution < 1.29 is 4.39 Å². The normalized spacial score (nSPS) is 12.2. The van der Waals surface area contributed by atoms with E-state index < -0.39 is 0 Å². The zero-order valence-electron chi connectivity index (χ0n) is 10.3. The molecule has 0 spiro atoms. The number of hydrogen-bond acceptors (Lipinski definition) is 1. The minimum absolute atomic E-state index is 0.158. The first-order chi connectivity index (χ1) is 7.58. The summed E-state index contributed by atoms with van der Waals surface area (Å²) in [7, 11) is 0. The van der Waals surface area contributed by atoms with E-state index in [9.17, 15) is 4.39 Å². The van der Waals surface area contributed by atoms with Crippen LogP contribution in [0.5, 0.6) is 0 Å². The lowest BCUT2D eigenvalue weighted by Gasteiger charge is -2.12. The van der Waals surface area contributed by atoms with Crippen LogP contribution in [-0.4, -0.2) is 12.6 Å². The van der Waals surface area contributed by atoms with Crippen LogP contribution in [0.4, 0.5) is 4.39 Å². The molecule has 0 saturated heterocycles. The number of hydrogen-bond donors (Lipinski definition) is 1. The zero-order chi connectivity index (χ0) is 12.0. The smallest absolute Gasteiger partial charge is 0.123 e. The van der Waals surface area contributed by atoms with Crippen molar-refractivity contribution in [3.63, 3.8) is 0 Å². The van der Waals surface area contributed by atoms with Crippen LogP contribution in [0.25, 0.3) is 0 Å². The third kappa shape index (κ3) is 5.08. The van der Waals surface area contributed by atoms with Crippen molar-refractivity contribution in [1.29, 1.82) is 0 Å². The maximum atomic E-state index is 12.9. The van der Waals surface area contributed by atoms with Gasteiger partial charge in [0.25, 0.3) is 0 Å². The Morgan fingerprint density at radius 1 is 1.44 bits per heavy atom. The summed E-state index contributed by atoms with van der Waals surface area (Å²) < 4.78 is 12.9. The molecule has 0 saturated carbocycles. The Hall–Kier alpha value is -1.15. The zero-order valence-corrected chi connectivity index (χ0v) is 10.3. The van der Waals surface area contributed by atoms with Gasteiger partial charge in [0, 0.05) is 12.6 Å². The Bertz CT molecular complexity index is 354. The maximum Gasteiger partial charge on any atom is 0.123 e. The van der Waals surface area contributed by atoms with Gasteiger partial charge in [-0.15, -0.1) is 0 Å². The van der Waals surface area contributed by atoms with Gasteiger partial charge in [0.15, 0.2) is 0 Å². The van der Waals surface area contributed by atoms with Gasteiger partial charge in [0.1, 0.15) is 5.82 Å². The van der Waals surface area contributed by atoms with Gasteiger partial charge in [0.2, 0.25) is 0 Å². The predicted molar refractivity (Wildman–Crippen MR) is 67.0 cm³/mol. The summed E-state index contributed by atoms with van der Waals surface area (Å²) in [5.41, 5.74) is 2.35. The monoisotopic (exact) mass is 221 g/mol. The number of allylic oxidation sites excluding steroid dienone is 1. The van der Waals surface area contributed by atoms with E-state index >= 15 is 0 Å². The number of benzene rings is 1. The van der Waals surface area contributed by atoms with E-state index in [1.165, 1.54) is 11.6 Å². The molecule has 1 unspecified atom stereocenters. The molecule has 16 heavy (non-hydrogen) atoms. The fourth-order valence-electron chi connectivity index (χ4n) is 1.55. The largest absolute Gasteiger partial charge is 0.310 e. The van der Waals surface area contributed by atoms with Crippen molar-refractivity contribution in [2.45, 2.75) is 33.2 Å². The first-order valence-electron chi connectivity index (χ1n) is 5.69. The van der Waals surface area contributed by atoms with Crippen LogP contribution in [0, 0.1) is 5.82 Å². The lowest BCUT2D eigenvalue weighted by atomic mass is 10.1. The summed E-state index contributed by atoms with van der Waals surface area (Å²) in [6.07, 6.45) is 3.01. The summed E-state index contributed by atoms with van der Waals surface area (Å²) in [6.45, 7) is 7.15. The fourth-order valence-corrected chi connectivity index (χ4v) is 1.55. The summed E-state index contributed by atoms with van der Waals surface area (Å²) in [5.74, 6) is -0.158. The van der Waals surface area contributed by atoms with Crippen LogP contribution in [0.15, 0.2) is 35.9 Å². The highest BCUT2D eigenvalue weighted by atomic mass is 19.1. The number of rotatable bonds is 5. The Morgan fingerprint density at radius 3 is 2.81 bits per heavy atom. The Labute approximate surface area is 97.4 Å². The average molecular weight is 221 g/mol. The van der Waals surface area contributed by atoms with Crippen molar-refractivity contribution in [2.24, 2.45) is 0 Å². The number of nitrogens with one attached hydrogen (secondary N) is 1. The van der Waals surface area contributed by atoms with E-state index in [0.717, 1.165) is 18.5 Å². The molecule has 2 heteroatoms. The molecule has 0 aliphatic carbocycles. The molecule has 1 aromatic carbocycles. The molecule has 0 heterocycles. The van der Waals surface area contributed by atoms with E-state index in [2.05, 4.69) is 32.2 Å². The van der Waals surface area contributed by atoms with Gasteiger partial charge in [-0.05, 0) is 44.9 Å². The minimum Gasteiger partial charge on any atom is -0.310 e. The molecule has 0 amide bonds. The molecule has 1 aromatic rings. The van der Waals surface area contributed by atoms with E-state index in [4.69, 9.17) is 0 Å². The average Bonchev–Trinajstić information content (AvgIpc) is 2.16. The molecule has 0 aliphatic rings. The molecule has 88 valence electrons. The van der Waals surface area contributed by atoms with E-state index in [0.29, 0.717) is 6.04 Å². The highest BCUT2D eigenvalue weighted by Gasteiger charge is 2.02. The van der Waals surface area contributed by atoms with Crippen molar-refractivity contribution in [1.82, 2.24) is 5.32 Å². The van der Waals surface area contributed by atoms with Crippen LogP contribution >= 0.6 is 0 Å². The third-order valence-electron chi connectivity index (χ3n) is 2.41. The molecule has 1 rings (SSSR count). The molecule has 0 aliphatic heterocycles. The second-order valence-corrected chi connectivity index (χ2v) is 4.42. The van der Waals surface area contributed by atoms with E-state index in [1.807, 2.05) is 6.07 Å². The van der Waals surface area contributed by atoms with Crippen LogP contribution in [0.1, 0.15) is 26.3 Å². The first kappa shape index (κ1) is 12.9. The number of halogens is 1. The van der Waals surface area contributed by atoms with Gasteiger partial charge < -0.3 is 5.32 Å². The third-order valence-corrected chi connectivity index (χ3v) is 2.41. The summed E-state index contributed by atoms with van der Waals surface area (Å²) in [5, 5.41) is 3.38. The van der Waals surface area contributed by atoms with Crippen molar-refractivity contribution in [2.75, 3.05) is 6.54 Å². The summed E-state index contributed by atoms with van der Waals surface area (Å²) in [6, 6.07) is 7.15. The Kier molecular flexibility index (Phi) is 5.20. The van der Waals surface area contributed by atoms with Crippen molar-refractivity contribution in [3.05, 3.63) is 47.3 Å².